The number of nitrogens with zero attached hydrogens (tertiary/aromatic N) is 6. The molecule has 0 unspecified atom stereocenters. The maximum Gasteiger partial charge on any atom is 0.240 e. The van der Waals surface area contributed by atoms with Gasteiger partial charge >= 0.3 is 0 Å². The minimum atomic E-state index is -4.03. The lowest BCUT2D eigenvalue weighted by atomic mass is 10.2. The second-order valence-electron chi connectivity index (χ2n) is 7.35. The van der Waals surface area contributed by atoms with Crippen LogP contribution in [-0.2, 0) is 19.5 Å². The molecule has 3 aromatic rings. The van der Waals surface area contributed by atoms with Gasteiger partial charge in [-0.05, 0) is 19.9 Å². The van der Waals surface area contributed by atoms with Gasteiger partial charge < -0.3 is 14.2 Å². The number of methoxy groups -OCH3 is 3. The highest BCUT2D eigenvalue weighted by molar-refractivity contribution is 7.93. The Hall–Kier alpha value is -2.87. The fourth-order valence-electron chi connectivity index (χ4n) is 3.28. The highest BCUT2D eigenvalue weighted by Gasteiger charge is 2.34. The van der Waals surface area contributed by atoms with E-state index >= 15 is 0 Å². The minimum Gasteiger partial charge on any atom is -0.481 e. The van der Waals surface area contributed by atoms with Crippen LogP contribution in [0.2, 0.25) is 5.02 Å². The smallest absolute Gasteiger partial charge is 0.240 e. The van der Waals surface area contributed by atoms with Gasteiger partial charge in [-0.2, -0.15) is 0 Å². The van der Waals surface area contributed by atoms with Crippen LogP contribution in [0.25, 0.3) is 11.5 Å². The van der Waals surface area contributed by atoms with E-state index in [4.69, 9.17) is 25.8 Å². The zero-order valence-corrected chi connectivity index (χ0v) is 20.9. The van der Waals surface area contributed by atoms with Crippen molar-refractivity contribution >= 4 is 27.6 Å². The summed E-state index contributed by atoms with van der Waals surface area (Å²) in [4.78, 5) is 12.6. The van der Waals surface area contributed by atoms with E-state index in [2.05, 4.69) is 29.9 Å². The Morgan fingerprint density at radius 2 is 1.82 bits per heavy atom. The van der Waals surface area contributed by atoms with Gasteiger partial charge in [-0.15, -0.1) is 10.2 Å². The normalized spacial score (nSPS) is 14.4. The van der Waals surface area contributed by atoms with Gasteiger partial charge in [-0.3, -0.25) is 9.29 Å². The van der Waals surface area contributed by atoms with Crippen LogP contribution in [0, 0.1) is 0 Å². The van der Waals surface area contributed by atoms with Crippen molar-refractivity contribution < 1.29 is 22.6 Å². The molecule has 0 radical (unpaired) electrons. The number of anilines is 1. The van der Waals surface area contributed by atoms with Crippen LogP contribution in [-0.4, -0.2) is 71.3 Å². The third-order valence-electron chi connectivity index (χ3n) is 5.00. The number of pyridine rings is 1. The quantitative estimate of drug-likeness (QED) is 0.407. The zero-order chi connectivity index (χ0) is 24.9. The second kappa shape index (κ2) is 11.0. The maximum absolute atomic E-state index is 13.3. The van der Waals surface area contributed by atoms with Gasteiger partial charge in [0.1, 0.15) is 17.0 Å². The summed E-state index contributed by atoms with van der Waals surface area (Å²) in [5.41, 5.74) is 0.456. The number of hydrogen-bond acceptors (Lipinski definition) is 10. The summed E-state index contributed by atoms with van der Waals surface area (Å²) in [6.45, 7) is 3.61. The van der Waals surface area contributed by atoms with Gasteiger partial charge in [0, 0.05) is 32.7 Å². The molecule has 0 aliphatic carbocycles. The molecule has 0 aliphatic heterocycles. The van der Waals surface area contributed by atoms with Crippen LogP contribution >= 0.6 is 11.6 Å². The van der Waals surface area contributed by atoms with Crippen LogP contribution in [0.4, 0.5) is 5.95 Å². The minimum absolute atomic E-state index is 0.00268. The van der Waals surface area contributed by atoms with E-state index < -0.39 is 21.4 Å². The summed E-state index contributed by atoms with van der Waals surface area (Å²) in [6, 6.07) is 4.84. The molecule has 0 saturated carbocycles. The highest BCUT2D eigenvalue weighted by Crippen LogP contribution is 2.28. The molecular weight excluding hydrogens is 486 g/mol. The predicted molar refractivity (Wildman–Crippen MR) is 125 cm³/mol. The van der Waals surface area contributed by atoms with Gasteiger partial charge in [-0.25, -0.2) is 23.4 Å². The molecule has 0 bridgehead atoms. The standard InChI is InChI=1S/C20H26ClN7O5S/c1-12(11-31-3)28-19(15-7-6-8-16(24-15)32-4)25-26-20(28)27-34(29,30)13(2)17(33-5)18-22-9-14(21)10-23-18/h6-10,12-13,17H,11H2,1-5H3,(H,26,27)/t12-,13+,17+/m1/s1. The van der Waals surface area contributed by atoms with E-state index in [1.165, 1.54) is 33.5 Å². The van der Waals surface area contributed by atoms with Crippen molar-refractivity contribution in [2.24, 2.45) is 0 Å². The first-order chi connectivity index (χ1) is 16.2. The van der Waals surface area contributed by atoms with Gasteiger partial charge in [-0.1, -0.05) is 17.7 Å². The van der Waals surface area contributed by atoms with Gasteiger partial charge in [0.15, 0.2) is 11.6 Å². The summed E-state index contributed by atoms with van der Waals surface area (Å²) >= 11 is 5.84. The predicted octanol–water partition coefficient (Wildman–Crippen LogP) is 2.52. The van der Waals surface area contributed by atoms with Gasteiger partial charge in [0.2, 0.25) is 21.9 Å². The van der Waals surface area contributed by atoms with E-state index in [9.17, 15) is 8.42 Å². The van der Waals surface area contributed by atoms with Crippen LogP contribution < -0.4 is 9.46 Å². The highest BCUT2D eigenvalue weighted by atomic mass is 35.5. The average molecular weight is 512 g/mol. The second-order valence-corrected chi connectivity index (χ2v) is 9.83. The Morgan fingerprint density at radius 3 is 2.44 bits per heavy atom. The van der Waals surface area contributed by atoms with Crippen molar-refractivity contribution in [3.8, 4) is 17.4 Å². The van der Waals surface area contributed by atoms with Crippen molar-refractivity contribution in [3.63, 3.8) is 0 Å². The first-order valence-electron chi connectivity index (χ1n) is 10.2. The molecule has 184 valence electrons. The Labute approximate surface area is 202 Å². The van der Waals surface area contributed by atoms with E-state index in [1.807, 2.05) is 6.92 Å². The number of ether oxygens (including phenoxy) is 3. The molecule has 34 heavy (non-hydrogen) atoms. The average Bonchev–Trinajstić information content (AvgIpc) is 3.23. The Balaban J connectivity index is 1.98. The molecule has 12 nitrogen and oxygen atoms in total. The maximum atomic E-state index is 13.3. The molecule has 1 N–H and O–H groups in total. The summed E-state index contributed by atoms with van der Waals surface area (Å²) in [5, 5.41) is 7.51. The van der Waals surface area contributed by atoms with Gasteiger partial charge in [0.05, 0.1) is 24.8 Å². The van der Waals surface area contributed by atoms with Crippen molar-refractivity contribution in [1.82, 2.24) is 29.7 Å². The molecule has 3 aromatic heterocycles. The molecular formula is C20H26ClN7O5S. The summed E-state index contributed by atoms with van der Waals surface area (Å²) < 4.78 is 46.6. The first kappa shape index (κ1) is 25.7. The molecule has 0 fully saturated rings. The van der Waals surface area contributed by atoms with E-state index in [-0.39, 0.29) is 24.4 Å². The van der Waals surface area contributed by atoms with Crippen molar-refractivity contribution in [3.05, 3.63) is 41.4 Å². The molecule has 14 heteroatoms. The number of rotatable bonds is 11. The third-order valence-corrected chi connectivity index (χ3v) is 6.89. The Bertz CT molecular complexity index is 1210. The number of hydrogen-bond donors (Lipinski definition) is 1. The molecule has 0 saturated heterocycles. The van der Waals surface area contributed by atoms with E-state index in [0.717, 1.165) is 0 Å². The molecule has 0 amide bonds. The Kier molecular flexibility index (Phi) is 8.36. The van der Waals surface area contributed by atoms with Crippen LogP contribution in [0.15, 0.2) is 30.6 Å². The largest absolute Gasteiger partial charge is 0.481 e. The summed E-state index contributed by atoms with van der Waals surface area (Å²) in [7, 11) is 0.396. The molecule has 0 aromatic carbocycles. The van der Waals surface area contributed by atoms with E-state index in [1.54, 1.807) is 29.9 Å². The van der Waals surface area contributed by atoms with Crippen LogP contribution in [0.1, 0.15) is 31.8 Å². The van der Waals surface area contributed by atoms with Crippen LogP contribution in [0.3, 0.4) is 0 Å². The van der Waals surface area contributed by atoms with Crippen molar-refractivity contribution in [1.29, 1.82) is 0 Å². The van der Waals surface area contributed by atoms with Gasteiger partial charge in [0.25, 0.3) is 0 Å². The third kappa shape index (κ3) is 5.60. The lowest BCUT2D eigenvalue weighted by Crippen LogP contribution is -2.34. The summed E-state index contributed by atoms with van der Waals surface area (Å²) in [6.07, 6.45) is 1.79. The summed E-state index contributed by atoms with van der Waals surface area (Å²) in [5.74, 6) is 0.911. The number of halogens is 1. The number of sulfonamides is 1. The molecule has 0 aliphatic rings. The topological polar surface area (TPSA) is 143 Å². The molecule has 3 atom stereocenters. The lowest BCUT2D eigenvalue weighted by molar-refractivity contribution is 0.0950. The van der Waals surface area contributed by atoms with Crippen molar-refractivity contribution in [2.45, 2.75) is 31.2 Å². The number of aromatic nitrogens is 6. The first-order valence-corrected chi connectivity index (χ1v) is 12.1. The lowest BCUT2D eigenvalue weighted by Gasteiger charge is -2.23. The van der Waals surface area contributed by atoms with Crippen LogP contribution in [0.5, 0.6) is 5.88 Å². The monoisotopic (exact) mass is 511 g/mol. The van der Waals surface area contributed by atoms with Crippen molar-refractivity contribution in [2.75, 3.05) is 32.7 Å². The fraction of sp³-hybridized carbons (Fsp3) is 0.450. The zero-order valence-electron chi connectivity index (χ0n) is 19.3. The van der Waals surface area contributed by atoms with E-state index in [0.29, 0.717) is 22.4 Å². The molecule has 0 spiro atoms. The molecule has 3 heterocycles. The number of nitrogens with one attached hydrogen (secondary N) is 1. The fourth-order valence-corrected chi connectivity index (χ4v) is 4.52. The molecule has 3 rings (SSSR count). The Morgan fingerprint density at radius 1 is 1.12 bits per heavy atom. The SMILES string of the molecule is COC[C@@H](C)n1c(NS(=O)(=O)[C@@H](C)[C@H](OC)c2ncc(Cl)cn2)nnc1-c1cccc(OC)n1.